The molecule has 2 nitrogen and oxygen atoms in total. The van der Waals surface area contributed by atoms with Crippen LogP contribution in [-0.2, 0) is 4.79 Å². The van der Waals surface area contributed by atoms with Crippen LogP contribution < -0.4 is 0 Å². The quantitative estimate of drug-likeness (QED) is 0.139. The van der Waals surface area contributed by atoms with Crippen molar-refractivity contribution in [3.63, 3.8) is 0 Å². The molecular formula is C30H62O2. The van der Waals surface area contributed by atoms with Crippen LogP contribution in [0, 0.1) is 0 Å². The van der Waals surface area contributed by atoms with Crippen LogP contribution in [0.3, 0.4) is 0 Å². The highest BCUT2D eigenvalue weighted by Crippen LogP contribution is 2.13. The van der Waals surface area contributed by atoms with Crippen molar-refractivity contribution in [3.8, 4) is 0 Å². The minimum atomic E-state index is -0.659. The maximum Gasteiger partial charge on any atom is 0.303 e. The topological polar surface area (TPSA) is 37.3 Å². The molecule has 0 aliphatic heterocycles. The first-order chi connectivity index (χ1) is 15.7. The Kier molecular flexibility index (Phi) is 34.3. The minimum Gasteiger partial charge on any atom is -0.481 e. The van der Waals surface area contributed by atoms with Gasteiger partial charge in [0.2, 0.25) is 0 Å². The Balaban J connectivity index is 0. The summed E-state index contributed by atoms with van der Waals surface area (Å²) in [6, 6.07) is 0. The number of hydrogen-bond acceptors (Lipinski definition) is 1. The molecule has 2 heteroatoms. The Morgan fingerprint density at radius 3 is 0.750 bits per heavy atom. The molecule has 0 radical (unpaired) electrons. The number of carboxylic acids is 1. The molecule has 32 heavy (non-hydrogen) atoms. The third-order valence-electron chi connectivity index (χ3n) is 6.45. The highest BCUT2D eigenvalue weighted by molar-refractivity contribution is 5.66. The van der Waals surface area contributed by atoms with Crippen molar-refractivity contribution in [1.82, 2.24) is 0 Å². The van der Waals surface area contributed by atoms with E-state index in [1.807, 2.05) is 0 Å². The van der Waals surface area contributed by atoms with Crippen LogP contribution >= 0.6 is 0 Å². The Hall–Kier alpha value is -0.530. The minimum absolute atomic E-state index is 0.343. The molecular weight excluding hydrogens is 392 g/mol. The number of carbonyl (C=O) groups is 1. The number of unbranched alkanes of at least 4 members (excludes halogenated alkanes) is 23. The monoisotopic (exact) mass is 454 g/mol. The SMILES string of the molecule is CCCCCCCCCCCC(=O)O.CCCCCCCCCCCCCCCCCC. The lowest BCUT2D eigenvalue weighted by Gasteiger charge is -2.03. The second kappa shape index (κ2) is 32.6. The zero-order chi connectivity index (χ0) is 24.0. The van der Waals surface area contributed by atoms with Crippen LogP contribution in [-0.4, -0.2) is 11.1 Å². The Morgan fingerprint density at radius 2 is 0.562 bits per heavy atom. The normalized spacial score (nSPS) is 10.7. The van der Waals surface area contributed by atoms with E-state index in [1.165, 1.54) is 148 Å². The van der Waals surface area contributed by atoms with Crippen molar-refractivity contribution >= 4 is 5.97 Å². The molecule has 0 saturated heterocycles. The van der Waals surface area contributed by atoms with Crippen molar-refractivity contribution in [2.24, 2.45) is 0 Å². The fraction of sp³-hybridized carbons (Fsp3) is 0.967. The third kappa shape index (κ3) is 36.8. The molecule has 0 aliphatic carbocycles. The zero-order valence-corrected chi connectivity index (χ0v) is 22.7. The first-order valence-corrected chi connectivity index (χ1v) is 14.9. The number of rotatable bonds is 25. The summed E-state index contributed by atoms with van der Waals surface area (Å²) < 4.78 is 0. The number of carboxylic acid groups (broad SMARTS) is 1. The molecule has 0 unspecified atom stereocenters. The summed E-state index contributed by atoms with van der Waals surface area (Å²) >= 11 is 0. The summed E-state index contributed by atoms with van der Waals surface area (Å²) in [6.07, 6.45) is 34.9. The largest absolute Gasteiger partial charge is 0.481 e. The van der Waals surface area contributed by atoms with Crippen molar-refractivity contribution in [1.29, 1.82) is 0 Å². The third-order valence-corrected chi connectivity index (χ3v) is 6.45. The standard InChI is InChI=1S/C18H38.C12H24O2/c1-3-5-7-9-11-13-15-17-18-16-14-12-10-8-6-4-2;1-2-3-4-5-6-7-8-9-10-11-12(13)14/h3-18H2,1-2H3;2-11H2,1H3,(H,13,14). The van der Waals surface area contributed by atoms with Crippen LogP contribution in [0.1, 0.15) is 188 Å². The first-order valence-electron chi connectivity index (χ1n) is 14.9. The zero-order valence-electron chi connectivity index (χ0n) is 22.7. The fourth-order valence-corrected chi connectivity index (χ4v) is 4.21. The van der Waals surface area contributed by atoms with E-state index in [1.54, 1.807) is 0 Å². The summed E-state index contributed by atoms with van der Waals surface area (Å²) in [5.41, 5.74) is 0. The van der Waals surface area contributed by atoms with Gasteiger partial charge in [0.25, 0.3) is 0 Å². The number of hydrogen-bond donors (Lipinski definition) is 1. The molecule has 0 fully saturated rings. The van der Waals surface area contributed by atoms with Gasteiger partial charge in [-0.15, -0.1) is 0 Å². The molecule has 0 heterocycles. The smallest absolute Gasteiger partial charge is 0.303 e. The second-order valence-corrected chi connectivity index (χ2v) is 9.92. The molecule has 0 bridgehead atoms. The molecule has 1 N–H and O–H groups in total. The lowest BCUT2D eigenvalue weighted by Crippen LogP contribution is -1.93. The van der Waals surface area contributed by atoms with Gasteiger partial charge in [0.15, 0.2) is 0 Å². The van der Waals surface area contributed by atoms with E-state index in [0.717, 1.165) is 12.8 Å². The van der Waals surface area contributed by atoms with E-state index in [0.29, 0.717) is 6.42 Å². The van der Waals surface area contributed by atoms with E-state index in [4.69, 9.17) is 5.11 Å². The van der Waals surface area contributed by atoms with Crippen LogP contribution in [0.4, 0.5) is 0 Å². The Labute approximate surface area is 203 Å². The van der Waals surface area contributed by atoms with Gasteiger partial charge in [-0.05, 0) is 6.42 Å². The van der Waals surface area contributed by atoms with Gasteiger partial charge in [0.1, 0.15) is 0 Å². The van der Waals surface area contributed by atoms with Gasteiger partial charge in [-0.3, -0.25) is 4.79 Å². The summed E-state index contributed by atoms with van der Waals surface area (Å²) in [6.45, 7) is 6.82. The fourth-order valence-electron chi connectivity index (χ4n) is 4.21. The Morgan fingerprint density at radius 1 is 0.375 bits per heavy atom. The van der Waals surface area contributed by atoms with Crippen molar-refractivity contribution < 1.29 is 9.90 Å². The average molecular weight is 455 g/mol. The lowest BCUT2D eigenvalue weighted by atomic mass is 10.0. The van der Waals surface area contributed by atoms with Crippen LogP contribution in [0.15, 0.2) is 0 Å². The van der Waals surface area contributed by atoms with Gasteiger partial charge in [-0.2, -0.15) is 0 Å². The molecule has 0 aromatic heterocycles. The molecule has 0 aliphatic rings. The summed E-state index contributed by atoms with van der Waals surface area (Å²) in [4.78, 5) is 10.2. The van der Waals surface area contributed by atoms with Crippen molar-refractivity contribution in [3.05, 3.63) is 0 Å². The van der Waals surface area contributed by atoms with Crippen molar-refractivity contribution in [2.45, 2.75) is 188 Å². The van der Waals surface area contributed by atoms with Gasteiger partial charge in [0.05, 0.1) is 0 Å². The molecule has 0 rings (SSSR count). The maximum absolute atomic E-state index is 10.2. The van der Waals surface area contributed by atoms with Gasteiger partial charge in [-0.25, -0.2) is 0 Å². The summed E-state index contributed by atoms with van der Waals surface area (Å²) in [7, 11) is 0. The molecule has 0 spiro atoms. The average Bonchev–Trinajstić information content (AvgIpc) is 2.78. The predicted molar refractivity (Wildman–Crippen MR) is 145 cm³/mol. The van der Waals surface area contributed by atoms with E-state index < -0.39 is 5.97 Å². The highest BCUT2D eigenvalue weighted by Gasteiger charge is 1.96. The molecule has 0 atom stereocenters. The summed E-state index contributed by atoms with van der Waals surface area (Å²) in [5, 5.41) is 8.41. The maximum atomic E-state index is 10.2. The van der Waals surface area contributed by atoms with Crippen LogP contribution in [0.5, 0.6) is 0 Å². The van der Waals surface area contributed by atoms with E-state index in [9.17, 15) is 4.79 Å². The molecule has 0 aromatic rings. The van der Waals surface area contributed by atoms with E-state index in [2.05, 4.69) is 20.8 Å². The lowest BCUT2D eigenvalue weighted by molar-refractivity contribution is -0.137. The molecule has 0 aromatic carbocycles. The highest BCUT2D eigenvalue weighted by atomic mass is 16.4. The molecule has 0 saturated carbocycles. The van der Waals surface area contributed by atoms with Gasteiger partial charge in [-0.1, -0.05) is 175 Å². The van der Waals surface area contributed by atoms with E-state index in [-0.39, 0.29) is 0 Å². The number of aliphatic carboxylic acids is 1. The van der Waals surface area contributed by atoms with Crippen LogP contribution in [0.25, 0.3) is 0 Å². The van der Waals surface area contributed by atoms with E-state index >= 15 is 0 Å². The van der Waals surface area contributed by atoms with Gasteiger partial charge < -0.3 is 5.11 Å². The summed E-state index contributed by atoms with van der Waals surface area (Å²) in [5.74, 6) is -0.659. The predicted octanol–water partition coefficient (Wildman–Crippen LogP) is 11.3. The molecule has 0 amide bonds. The van der Waals surface area contributed by atoms with Gasteiger partial charge in [0, 0.05) is 6.42 Å². The van der Waals surface area contributed by atoms with Crippen LogP contribution in [0.2, 0.25) is 0 Å². The Bertz CT molecular complexity index is 311. The molecule has 194 valence electrons. The van der Waals surface area contributed by atoms with Gasteiger partial charge >= 0.3 is 5.97 Å². The first kappa shape index (κ1) is 33.6. The second-order valence-electron chi connectivity index (χ2n) is 9.92. The van der Waals surface area contributed by atoms with Crippen molar-refractivity contribution in [2.75, 3.05) is 0 Å².